The van der Waals surface area contributed by atoms with Crippen LogP contribution < -0.4 is 16.2 Å². The van der Waals surface area contributed by atoms with Crippen LogP contribution in [0.25, 0.3) is 0 Å². The van der Waals surface area contributed by atoms with Gasteiger partial charge in [-0.3, -0.25) is 0 Å². The predicted molar refractivity (Wildman–Crippen MR) is 73.7 cm³/mol. The lowest BCUT2D eigenvalue weighted by Gasteiger charge is -2.29. The van der Waals surface area contributed by atoms with E-state index in [0.717, 1.165) is 34.2 Å². The number of nitrogen functional groups attached to an aromatic ring is 2. The molecule has 1 aliphatic rings. The predicted octanol–water partition coefficient (Wildman–Crippen LogP) is 1.57. The van der Waals surface area contributed by atoms with Crippen LogP contribution in [0, 0.1) is 6.92 Å². The Balaban J connectivity index is 2.30. The molecule has 0 radical (unpaired) electrons. The Morgan fingerprint density at radius 2 is 2.18 bits per heavy atom. The number of nitrogens with zero attached hydrogens (tertiary/aromatic N) is 1. The molecule has 1 aromatic rings. The fourth-order valence-corrected chi connectivity index (χ4v) is 2.99. The molecule has 0 aromatic heterocycles. The third kappa shape index (κ3) is 2.45. The van der Waals surface area contributed by atoms with Crippen LogP contribution in [0.2, 0.25) is 0 Å². The lowest BCUT2D eigenvalue weighted by Crippen LogP contribution is -2.34. The van der Waals surface area contributed by atoms with Crippen molar-refractivity contribution in [2.24, 2.45) is 0 Å². The lowest BCUT2D eigenvalue weighted by molar-refractivity contribution is 0.174. The number of aryl methyl sites for hydroxylation is 1. The number of benzene rings is 1. The van der Waals surface area contributed by atoms with Crippen LogP contribution in [0.3, 0.4) is 0 Å². The van der Waals surface area contributed by atoms with Gasteiger partial charge in [0.15, 0.2) is 5.75 Å². The molecule has 1 unspecified atom stereocenters. The summed E-state index contributed by atoms with van der Waals surface area (Å²) in [5.41, 5.74) is 14.5. The summed E-state index contributed by atoms with van der Waals surface area (Å²) >= 11 is 1.73. The second-order valence-corrected chi connectivity index (χ2v) is 5.70. The number of nitrogens with two attached hydrogens (primary N) is 2. The maximum absolute atomic E-state index is 6.06. The largest absolute Gasteiger partial charge is 0.485 e. The first-order valence-corrected chi connectivity index (χ1v) is 6.60. The van der Waals surface area contributed by atoms with Gasteiger partial charge in [0, 0.05) is 18.0 Å². The summed E-state index contributed by atoms with van der Waals surface area (Å²) in [4.78, 5) is 3.11. The SMILES string of the molecule is Cc1cc(N)c2c(c1N)OC(CN(C)C)CS2. The van der Waals surface area contributed by atoms with Gasteiger partial charge in [-0.25, -0.2) is 0 Å². The number of fused-ring (bicyclic) bond motifs is 1. The van der Waals surface area contributed by atoms with E-state index in [1.54, 1.807) is 11.8 Å². The van der Waals surface area contributed by atoms with Crippen LogP contribution >= 0.6 is 11.8 Å². The molecule has 17 heavy (non-hydrogen) atoms. The zero-order chi connectivity index (χ0) is 12.6. The molecule has 4 N–H and O–H groups in total. The van der Waals surface area contributed by atoms with E-state index >= 15 is 0 Å². The second-order valence-electron chi connectivity index (χ2n) is 4.67. The highest BCUT2D eigenvalue weighted by atomic mass is 32.2. The first-order chi connectivity index (χ1) is 7.99. The van der Waals surface area contributed by atoms with Gasteiger partial charge < -0.3 is 21.1 Å². The topological polar surface area (TPSA) is 64.5 Å². The Morgan fingerprint density at radius 3 is 2.82 bits per heavy atom. The smallest absolute Gasteiger partial charge is 0.158 e. The van der Waals surface area contributed by atoms with Gasteiger partial charge in [-0.15, -0.1) is 11.8 Å². The highest BCUT2D eigenvalue weighted by Gasteiger charge is 2.25. The molecule has 1 aliphatic heterocycles. The standard InChI is InChI=1S/C12H19N3OS/c1-7-4-9(13)12-11(10(7)14)16-8(6-17-12)5-15(2)3/h4,8H,5-6,13-14H2,1-3H3. The highest BCUT2D eigenvalue weighted by molar-refractivity contribution is 7.99. The Morgan fingerprint density at radius 1 is 1.47 bits per heavy atom. The van der Waals surface area contributed by atoms with Crippen molar-refractivity contribution >= 4 is 23.1 Å². The van der Waals surface area contributed by atoms with E-state index in [4.69, 9.17) is 16.2 Å². The summed E-state index contributed by atoms with van der Waals surface area (Å²) in [7, 11) is 4.08. The van der Waals surface area contributed by atoms with Gasteiger partial charge in [-0.1, -0.05) is 0 Å². The van der Waals surface area contributed by atoms with Crippen molar-refractivity contribution in [3.05, 3.63) is 11.6 Å². The summed E-state index contributed by atoms with van der Waals surface area (Å²) in [6, 6.07) is 1.91. The Bertz CT molecular complexity index is 434. The molecule has 1 aromatic carbocycles. The van der Waals surface area contributed by atoms with Crippen LogP contribution in [-0.4, -0.2) is 37.4 Å². The Hall–Kier alpha value is -1.07. The van der Waals surface area contributed by atoms with E-state index in [-0.39, 0.29) is 6.10 Å². The van der Waals surface area contributed by atoms with Crippen LogP contribution in [-0.2, 0) is 0 Å². The monoisotopic (exact) mass is 253 g/mol. The van der Waals surface area contributed by atoms with Crippen LogP contribution in [0.5, 0.6) is 5.75 Å². The number of hydrogen-bond donors (Lipinski definition) is 2. The van der Waals surface area contributed by atoms with Crippen LogP contribution in [0.4, 0.5) is 11.4 Å². The summed E-state index contributed by atoms with van der Waals surface area (Å²) in [5, 5.41) is 0. The fourth-order valence-electron chi connectivity index (χ4n) is 1.95. The van der Waals surface area contributed by atoms with Crippen molar-refractivity contribution < 1.29 is 4.74 Å². The molecule has 0 spiro atoms. The molecular formula is C12H19N3OS. The number of ether oxygens (including phenoxy) is 1. The molecule has 5 heteroatoms. The van der Waals surface area contributed by atoms with Crippen molar-refractivity contribution in [3.8, 4) is 5.75 Å². The fraction of sp³-hybridized carbons (Fsp3) is 0.500. The van der Waals surface area contributed by atoms with E-state index in [2.05, 4.69) is 4.90 Å². The number of likely N-dealkylation sites (N-methyl/N-ethyl adjacent to an activating group) is 1. The minimum absolute atomic E-state index is 0.172. The van der Waals surface area contributed by atoms with Crippen molar-refractivity contribution in [2.45, 2.75) is 17.9 Å². The molecule has 0 bridgehead atoms. The molecule has 0 saturated carbocycles. The molecule has 2 rings (SSSR count). The quantitative estimate of drug-likeness (QED) is 0.783. The van der Waals surface area contributed by atoms with Crippen molar-refractivity contribution in [2.75, 3.05) is 37.9 Å². The maximum atomic E-state index is 6.06. The highest BCUT2D eigenvalue weighted by Crippen LogP contribution is 2.44. The van der Waals surface area contributed by atoms with Crippen LogP contribution in [0.15, 0.2) is 11.0 Å². The third-order valence-electron chi connectivity index (χ3n) is 2.78. The van der Waals surface area contributed by atoms with Crippen molar-refractivity contribution in [1.29, 1.82) is 0 Å². The Kier molecular flexibility index (Phi) is 3.40. The van der Waals surface area contributed by atoms with Crippen molar-refractivity contribution in [3.63, 3.8) is 0 Å². The zero-order valence-corrected chi connectivity index (χ0v) is 11.3. The molecule has 0 aliphatic carbocycles. The molecular weight excluding hydrogens is 234 g/mol. The van der Waals surface area contributed by atoms with Gasteiger partial charge in [0.1, 0.15) is 6.10 Å². The molecule has 1 heterocycles. The van der Waals surface area contributed by atoms with Crippen LogP contribution in [0.1, 0.15) is 5.56 Å². The van der Waals surface area contributed by atoms with Gasteiger partial charge in [-0.2, -0.15) is 0 Å². The van der Waals surface area contributed by atoms with Gasteiger partial charge in [-0.05, 0) is 32.6 Å². The lowest BCUT2D eigenvalue weighted by atomic mass is 10.1. The summed E-state index contributed by atoms with van der Waals surface area (Å²) in [6.07, 6.45) is 0.172. The molecule has 0 saturated heterocycles. The van der Waals surface area contributed by atoms with Gasteiger partial charge in [0.05, 0.1) is 10.6 Å². The molecule has 4 nitrogen and oxygen atoms in total. The van der Waals surface area contributed by atoms with E-state index in [9.17, 15) is 0 Å². The first kappa shape index (κ1) is 12.4. The van der Waals surface area contributed by atoms with Gasteiger partial charge >= 0.3 is 0 Å². The van der Waals surface area contributed by atoms with E-state index in [1.165, 1.54) is 0 Å². The number of anilines is 2. The summed E-state index contributed by atoms with van der Waals surface area (Å²) in [6.45, 7) is 2.84. The van der Waals surface area contributed by atoms with Gasteiger partial charge in [0.2, 0.25) is 0 Å². The summed E-state index contributed by atoms with van der Waals surface area (Å²) < 4.78 is 5.97. The normalized spacial score (nSPS) is 18.9. The average molecular weight is 253 g/mol. The summed E-state index contributed by atoms with van der Waals surface area (Å²) in [5.74, 6) is 1.68. The Labute approximate surface area is 106 Å². The first-order valence-electron chi connectivity index (χ1n) is 5.61. The number of rotatable bonds is 2. The minimum atomic E-state index is 0.172. The minimum Gasteiger partial charge on any atom is -0.485 e. The average Bonchev–Trinajstić information content (AvgIpc) is 2.25. The molecule has 1 atom stereocenters. The van der Waals surface area contributed by atoms with Gasteiger partial charge in [0.25, 0.3) is 0 Å². The molecule has 0 fully saturated rings. The molecule has 0 amide bonds. The zero-order valence-electron chi connectivity index (χ0n) is 10.5. The van der Waals surface area contributed by atoms with E-state index < -0.39 is 0 Å². The van der Waals surface area contributed by atoms with Crippen molar-refractivity contribution in [1.82, 2.24) is 4.90 Å². The second kappa shape index (κ2) is 4.66. The maximum Gasteiger partial charge on any atom is 0.158 e. The van der Waals surface area contributed by atoms with E-state index in [1.807, 2.05) is 27.1 Å². The molecule has 94 valence electrons. The number of hydrogen-bond acceptors (Lipinski definition) is 5. The number of thioether (sulfide) groups is 1. The van der Waals surface area contributed by atoms with E-state index in [0.29, 0.717) is 5.69 Å². The third-order valence-corrected chi connectivity index (χ3v) is 4.02.